The standard InChI is InChI=1S/C20H26N2O5S3/c1-16-5-6-17(27-2)18(14-16)29(23,24)22-12-9-20(15-22)7-10-21(11-8-20)30(25,26)19-4-3-13-28-19/h3-6,13-14H,7-12,15H2,1-2H3. The van der Waals surface area contributed by atoms with E-state index in [0.29, 0.717) is 49.0 Å². The Hall–Kier alpha value is -1.46. The number of hydrogen-bond donors (Lipinski definition) is 0. The van der Waals surface area contributed by atoms with Gasteiger partial charge in [0.1, 0.15) is 14.9 Å². The summed E-state index contributed by atoms with van der Waals surface area (Å²) in [5.74, 6) is 0.346. The quantitative estimate of drug-likeness (QED) is 0.671. The Labute approximate surface area is 182 Å². The first-order chi connectivity index (χ1) is 14.2. The Morgan fingerprint density at radius 2 is 1.63 bits per heavy atom. The smallest absolute Gasteiger partial charge is 0.252 e. The predicted molar refractivity (Wildman–Crippen MR) is 116 cm³/mol. The summed E-state index contributed by atoms with van der Waals surface area (Å²) in [4.78, 5) is 0.194. The lowest BCUT2D eigenvalue weighted by Gasteiger charge is -2.38. The van der Waals surface area contributed by atoms with Gasteiger partial charge in [0.2, 0.25) is 10.0 Å². The van der Waals surface area contributed by atoms with E-state index < -0.39 is 20.0 Å². The van der Waals surface area contributed by atoms with E-state index in [1.54, 1.807) is 29.6 Å². The van der Waals surface area contributed by atoms with Gasteiger partial charge in [-0.3, -0.25) is 0 Å². The van der Waals surface area contributed by atoms with Gasteiger partial charge in [-0.15, -0.1) is 11.3 Å². The molecule has 1 aromatic heterocycles. The summed E-state index contributed by atoms with van der Waals surface area (Å²) in [5, 5.41) is 1.76. The molecular weight excluding hydrogens is 444 g/mol. The van der Waals surface area contributed by atoms with Gasteiger partial charge in [-0.05, 0) is 60.7 Å². The molecule has 0 saturated carbocycles. The summed E-state index contributed by atoms with van der Waals surface area (Å²) in [7, 11) is -5.67. The third-order valence-corrected chi connectivity index (χ3v) is 11.4. The van der Waals surface area contributed by atoms with Crippen molar-refractivity contribution in [2.75, 3.05) is 33.3 Å². The van der Waals surface area contributed by atoms with Crippen LogP contribution < -0.4 is 4.74 Å². The average molecular weight is 471 g/mol. The monoisotopic (exact) mass is 470 g/mol. The number of rotatable bonds is 5. The van der Waals surface area contributed by atoms with Crippen LogP contribution in [-0.2, 0) is 20.0 Å². The Kier molecular flexibility index (Phi) is 5.73. The summed E-state index contributed by atoms with van der Waals surface area (Å²) in [6, 6.07) is 8.52. The fourth-order valence-electron chi connectivity index (χ4n) is 4.37. The van der Waals surface area contributed by atoms with Gasteiger partial charge in [-0.2, -0.15) is 8.61 Å². The molecular formula is C20H26N2O5S3. The predicted octanol–water partition coefficient (Wildman–Crippen LogP) is 2.93. The van der Waals surface area contributed by atoms with Crippen LogP contribution in [-0.4, -0.2) is 58.7 Å². The van der Waals surface area contributed by atoms with E-state index in [2.05, 4.69) is 0 Å². The highest BCUT2D eigenvalue weighted by molar-refractivity contribution is 7.91. The molecule has 0 radical (unpaired) electrons. The number of sulfonamides is 2. The normalized spacial score (nSPS) is 20.6. The number of thiophene rings is 1. The van der Waals surface area contributed by atoms with E-state index in [1.807, 2.05) is 13.0 Å². The number of aryl methyl sites for hydroxylation is 1. The molecule has 1 aromatic carbocycles. The molecule has 0 N–H and O–H groups in total. The van der Waals surface area contributed by atoms with Crippen LogP contribution >= 0.6 is 11.3 Å². The van der Waals surface area contributed by atoms with Crippen molar-refractivity contribution in [1.29, 1.82) is 0 Å². The molecule has 0 atom stereocenters. The van der Waals surface area contributed by atoms with Crippen molar-refractivity contribution in [2.45, 2.75) is 35.3 Å². The lowest BCUT2D eigenvalue weighted by Crippen LogP contribution is -2.44. The van der Waals surface area contributed by atoms with Crippen LogP contribution in [0.25, 0.3) is 0 Å². The van der Waals surface area contributed by atoms with Crippen LogP contribution in [0.1, 0.15) is 24.8 Å². The summed E-state index contributed by atoms with van der Waals surface area (Å²) < 4.78 is 60.9. The molecule has 1 spiro atoms. The van der Waals surface area contributed by atoms with Gasteiger partial charge in [-0.1, -0.05) is 12.1 Å². The van der Waals surface area contributed by atoms with E-state index in [1.165, 1.54) is 27.1 Å². The van der Waals surface area contributed by atoms with Crippen molar-refractivity contribution in [3.05, 3.63) is 41.3 Å². The fraction of sp³-hybridized carbons (Fsp3) is 0.500. The van der Waals surface area contributed by atoms with Gasteiger partial charge in [-0.25, -0.2) is 16.8 Å². The largest absolute Gasteiger partial charge is 0.495 e. The zero-order chi connectivity index (χ0) is 21.6. The molecule has 4 rings (SSSR count). The maximum Gasteiger partial charge on any atom is 0.252 e. The molecule has 2 aliphatic heterocycles. The highest BCUT2D eigenvalue weighted by Gasteiger charge is 2.46. The molecule has 2 fully saturated rings. The van der Waals surface area contributed by atoms with Gasteiger partial charge in [0, 0.05) is 26.2 Å². The van der Waals surface area contributed by atoms with Crippen LogP contribution in [0.4, 0.5) is 0 Å². The van der Waals surface area contributed by atoms with E-state index in [0.717, 1.165) is 12.0 Å². The van der Waals surface area contributed by atoms with E-state index in [9.17, 15) is 16.8 Å². The molecule has 2 saturated heterocycles. The lowest BCUT2D eigenvalue weighted by molar-refractivity contribution is 0.167. The minimum atomic E-state index is -3.68. The maximum atomic E-state index is 13.3. The van der Waals surface area contributed by atoms with Gasteiger partial charge >= 0.3 is 0 Å². The van der Waals surface area contributed by atoms with Crippen LogP contribution in [0, 0.1) is 12.3 Å². The van der Waals surface area contributed by atoms with Gasteiger partial charge in [0.15, 0.2) is 0 Å². The van der Waals surface area contributed by atoms with Crippen molar-refractivity contribution < 1.29 is 21.6 Å². The Morgan fingerprint density at radius 3 is 2.23 bits per heavy atom. The van der Waals surface area contributed by atoms with E-state index >= 15 is 0 Å². The number of ether oxygens (including phenoxy) is 1. The number of hydrogen-bond acceptors (Lipinski definition) is 6. The Bertz CT molecular complexity index is 1120. The highest BCUT2D eigenvalue weighted by Crippen LogP contribution is 2.44. The second-order valence-corrected chi connectivity index (χ2v) is 13.1. The average Bonchev–Trinajstić information content (AvgIpc) is 3.40. The van der Waals surface area contributed by atoms with Gasteiger partial charge < -0.3 is 4.74 Å². The molecule has 0 amide bonds. The first kappa shape index (κ1) is 21.8. The van der Waals surface area contributed by atoms with Crippen LogP contribution in [0.15, 0.2) is 44.8 Å². The first-order valence-corrected chi connectivity index (χ1v) is 13.6. The zero-order valence-electron chi connectivity index (χ0n) is 17.1. The third kappa shape index (κ3) is 3.80. The molecule has 7 nitrogen and oxygen atoms in total. The highest BCUT2D eigenvalue weighted by atomic mass is 32.2. The molecule has 2 aromatic rings. The molecule has 2 aliphatic rings. The minimum absolute atomic E-state index is 0.175. The van der Waals surface area contributed by atoms with Crippen molar-refractivity contribution in [3.8, 4) is 5.75 Å². The first-order valence-electron chi connectivity index (χ1n) is 9.86. The molecule has 0 unspecified atom stereocenters. The zero-order valence-corrected chi connectivity index (χ0v) is 19.5. The molecule has 164 valence electrons. The summed E-state index contributed by atoms with van der Waals surface area (Å²) in [6.45, 7) is 3.55. The number of benzene rings is 1. The SMILES string of the molecule is COc1ccc(C)cc1S(=O)(=O)N1CCC2(CCN(S(=O)(=O)c3cccs3)CC2)C1. The molecule has 30 heavy (non-hydrogen) atoms. The van der Waals surface area contributed by atoms with Crippen molar-refractivity contribution >= 4 is 31.4 Å². The van der Waals surface area contributed by atoms with E-state index in [4.69, 9.17) is 4.74 Å². The maximum absolute atomic E-state index is 13.3. The lowest BCUT2D eigenvalue weighted by atomic mass is 9.78. The molecule has 10 heteroatoms. The second-order valence-electron chi connectivity index (χ2n) is 8.08. The number of methoxy groups -OCH3 is 1. The number of piperidine rings is 1. The van der Waals surface area contributed by atoms with Gasteiger partial charge in [0.05, 0.1) is 7.11 Å². The summed E-state index contributed by atoms with van der Waals surface area (Å²) in [5.41, 5.74) is 0.682. The van der Waals surface area contributed by atoms with Crippen LogP contribution in [0.2, 0.25) is 0 Å². The van der Waals surface area contributed by atoms with Crippen molar-refractivity contribution in [2.24, 2.45) is 5.41 Å². The van der Waals surface area contributed by atoms with Crippen molar-refractivity contribution in [3.63, 3.8) is 0 Å². The topological polar surface area (TPSA) is 84.0 Å². The van der Waals surface area contributed by atoms with Crippen molar-refractivity contribution in [1.82, 2.24) is 8.61 Å². The van der Waals surface area contributed by atoms with Crippen LogP contribution in [0.5, 0.6) is 5.75 Å². The third-order valence-electron chi connectivity index (χ3n) is 6.21. The van der Waals surface area contributed by atoms with E-state index in [-0.39, 0.29) is 10.3 Å². The van der Waals surface area contributed by atoms with Gasteiger partial charge in [0.25, 0.3) is 10.0 Å². The summed E-state index contributed by atoms with van der Waals surface area (Å²) in [6.07, 6.45) is 2.07. The molecule has 3 heterocycles. The Balaban J connectivity index is 1.50. The molecule has 0 aliphatic carbocycles. The molecule has 0 bridgehead atoms. The summed E-state index contributed by atoms with van der Waals surface area (Å²) >= 11 is 1.22. The van der Waals surface area contributed by atoms with Crippen LogP contribution in [0.3, 0.4) is 0 Å². The minimum Gasteiger partial charge on any atom is -0.495 e. The second kappa shape index (κ2) is 7.90. The Morgan fingerprint density at radius 1 is 0.967 bits per heavy atom. The fourth-order valence-corrected chi connectivity index (χ4v) is 8.75. The number of nitrogens with zero attached hydrogens (tertiary/aromatic N) is 2.